The van der Waals surface area contributed by atoms with Crippen molar-refractivity contribution in [3.05, 3.63) is 41.1 Å². The van der Waals surface area contributed by atoms with Gasteiger partial charge in [-0.2, -0.15) is 13.5 Å². The van der Waals surface area contributed by atoms with Gasteiger partial charge in [0.1, 0.15) is 0 Å². The third-order valence-corrected chi connectivity index (χ3v) is 4.65. The Hall–Kier alpha value is -1.86. The molecule has 1 heterocycles. The van der Waals surface area contributed by atoms with Crippen LogP contribution in [-0.4, -0.2) is 18.6 Å². The summed E-state index contributed by atoms with van der Waals surface area (Å²) in [6.07, 6.45) is 0. The maximum absolute atomic E-state index is 12.4. The highest BCUT2D eigenvalue weighted by atomic mass is 32.2. The minimum Gasteiger partial charge on any atom is -0.326 e. The number of aromatic amines is 1. The number of aryl methyl sites for hydroxylation is 1. The molecular weight excluding hydrogens is 288 g/mol. The number of sulfonamides is 1. The highest BCUT2D eigenvalue weighted by molar-refractivity contribution is 7.92. The lowest BCUT2D eigenvalue weighted by Crippen LogP contribution is -2.16. The molecule has 0 saturated carbocycles. The third kappa shape index (κ3) is 3.25. The first-order valence-electron chi connectivity index (χ1n) is 6.72. The number of hydrogen-bond acceptors (Lipinski definition) is 4. The summed E-state index contributed by atoms with van der Waals surface area (Å²) < 4.78 is 27.4. The fourth-order valence-electron chi connectivity index (χ4n) is 2.06. The minimum atomic E-state index is -3.75. The smallest absolute Gasteiger partial charge is 0.281 e. The molecule has 114 valence electrons. The van der Waals surface area contributed by atoms with Crippen molar-refractivity contribution in [3.63, 3.8) is 0 Å². The monoisotopic (exact) mass is 308 g/mol. The van der Waals surface area contributed by atoms with Crippen molar-refractivity contribution in [1.82, 2.24) is 10.2 Å². The molecule has 0 aliphatic carbocycles. The molecule has 2 rings (SSSR count). The Morgan fingerprint density at radius 1 is 1.38 bits per heavy atom. The van der Waals surface area contributed by atoms with Crippen molar-refractivity contribution < 1.29 is 8.42 Å². The summed E-state index contributed by atoms with van der Waals surface area (Å²) in [6, 6.07) is 7.33. The summed E-state index contributed by atoms with van der Waals surface area (Å²) in [5, 5.41) is 6.47. The van der Waals surface area contributed by atoms with Gasteiger partial charge in [0, 0.05) is 23.5 Å². The number of benzene rings is 1. The summed E-state index contributed by atoms with van der Waals surface area (Å²) >= 11 is 0. The molecule has 0 fully saturated rings. The molecule has 0 aliphatic rings. The Kier molecular flexibility index (Phi) is 4.34. The molecule has 0 bridgehead atoms. The molecule has 0 spiro atoms. The number of rotatable bonds is 5. The largest absolute Gasteiger partial charge is 0.326 e. The van der Waals surface area contributed by atoms with E-state index in [1.165, 1.54) is 0 Å². The van der Waals surface area contributed by atoms with Crippen molar-refractivity contribution in [1.29, 1.82) is 0 Å². The zero-order valence-electron chi connectivity index (χ0n) is 12.3. The topological polar surface area (TPSA) is 101 Å². The summed E-state index contributed by atoms with van der Waals surface area (Å²) in [7, 11) is -3.75. The summed E-state index contributed by atoms with van der Waals surface area (Å²) in [5.41, 5.74) is 8.34. The lowest BCUT2D eigenvalue weighted by atomic mass is 10.0. The molecule has 0 unspecified atom stereocenters. The van der Waals surface area contributed by atoms with Crippen LogP contribution in [0.1, 0.15) is 36.6 Å². The average Bonchev–Trinajstić information content (AvgIpc) is 2.80. The predicted molar refractivity (Wildman–Crippen MR) is 82.6 cm³/mol. The second-order valence-corrected chi connectivity index (χ2v) is 6.82. The molecule has 4 N–H and O–H groups in total. The molecule has 0 amide bonds. The van der Waals surface area contributed by atoms with Crippen LogP contribution in [0.2, 0.25) is 0 Å². The van der Waals surface area contributed by atoms with Crippen molar-refractivity contribution in [2.75, 3.05) is 4.72 Å². The van der Waals surface area contributed by atoms with Crippen molar-refractivity contribution in [3.8, 4) is 0 Å². The highest BCUT2D eigenvalue weighted by Gasteiger charge is 2.23. The second kappa shape index (κ2) is 5.87. The Bertz CT molecular complexity index is 735. The molecule has 0 aliphatic heterocycles. The molecule has 0 saturated heterocycles. The quantitative estimate of drug-likeness (QED) is 0.787. The molecule has 6 nitrogen and oxygen atoms in total. The van der Waals surface area contributed by atoms with Crippen molar-refractivity contribution in [2.24, 2.45) is 5.73 Å². The molecule has 7 heteroatoms. The first kappa shape index (κ1) is 15.5. The van der Waals surface area contributed by atoms with Crippen LogP contribution in [-0.2, 0) is 16.6 Å². The zero-order chi connectivity index (χ0) is 15.6. The van der Waals surface area contributed by atoms with Gasteiger partial charge < -0.3 is 5.73 Å². The maximum atomic E-state index is 12.4. The second-order valence-electron chi connectivity index (χ2n) is 5.22. The van der Waals surface area contributed by atoms with Crippen molar-refractivity contribution >= 4 is 15.7 Å². The Balaban J connectivity index is 2.35. The minimum absolute atomic E-state index is 0.0440. The standard InChI is InChI=1S/C14H20N4O2S/c1-9(2)11-5-4-6-12(7-11)18-21(19,20)14-13(8-15)10(3)16-17-14/h4-7,9,18H,8,15H2,1-3H3,(H,16,17). The van der Waals surface area contributed by atoms with E-state index in [2.05, 4.69) is 28.8 Å². The van der Waals surface area contributed by atoms with Crippen LogP contribution in [0.15, 0.2) is 29.3 Å². The van der Waals surface area contributed by atoms with Gasteiger partial charge in [-0.05, 0) is 30.5 Å². The van der Waals surface area contributed by atoms with Crippen LogP contribution < -0.4 is 10.5 Å². The number of nitrogens with one attached hydrogen (secondary N) is 2. The first-order chi connectivity index (χ1) is 9.85. The Labute approximate surface area is 124 Å². The van der Waals surface area contributed by atoms with Gasteiger partial charge in [-0.25, -0.2) is 0 Å². The fourth-order valence-corrected chi connectivity index (χ4v) is 3.32. The highest BCUT2D eigenvalue weighted by Crippen LogP contribution is 2.22. The lowest BCUT2D eigenvalue weighted by Gasteiger charge is -2.10. The van der Waals surface area contributed by atoms with Crippen LogP contribution in [0.25, 0.3) is 0 Å². The summed E-state index contributed by atoms with van der Waals surface area (Å²) in [6.45, 7) is 5.96. The SMILES string of the molecule is Cc1[nH]nc(S(=O)(=O)Nc2cccc(C(C)C)c2)c1CN. The summed E-state index contributed by atoms with van der Waals surface area (Å²) in [5.74, 6) is 0.321. The third-order valence-electron chi connectivity index (χ3n) is 3.30. The average molecular weight is 308 g/mol. The number of H-pyrrole nitrogens is 1. The van der Waals surface area contributed by atoms with E-state index < -0.39 is 10.0 Å². The number of hydrogen-bond donors (Lipinski definition) is 3. The lowest BCUT2D eigenvalue weighted by molar-refractivity contribution is 0.596. The first-order valence-corrected chi connectivity index (χ1v) is 8.20. The van der Waals surface area contributed by atoms with E-state index in [1.54, 1.807) is 13.0 Å². The van der Waals surface area contributed by atoms with Gasteiger partial charge in [-0.1, -0.05) is 26.0 Å². The van der Waals surface area contributed by atoms with E-state index in [0.717, 1.165) is 5.56 Å². The number of aromatic nitrogens is 2. The molecule has 1 aromatic heterocycles. The van der Waals surface area contributed by atoms with E-state index in [9.17, 15) is 8.42 Å². The maximum Gasteiger partial charge on any atom is 0.281 e. The normalized spacial score (nSPS) is 11.9. The van der Waals surface area contributed by atoms with Gasteiger partial charge in [0.05, 0.1) is 0 Å². The molecular formula is C14H20N4O2S. The Morgan fingerprint density at radius 2 is 2.10 bits per heavy atom. The van der Waals surface area contributed by atoms with Crippen LogP contribution in [0, 0.1) is 6.92 Å². The number of anilines is 1. The van der Waals surface area contributed by atoms with Gasteiger partial charge in [0.25, 0.3) is 10.0 Å². The van der Waals surface area contributed by atoms with E-state index in [1.807, 2.05) is 18.2 Å². The molecule has 1 aromatic carbocycles. The molecule has 21 heavy (non-hydrogen) atoms. The molecule has 0 atom stereocenters. The van der Waals surface area contributed by atoms with E-state index in [4.69, 9.17) is 5.73 Å². The van der Waals surface area contributed by atoms with Gasteiger partial charge in [0.15, 0.2) is 0 Å². The van der Waals surface area contributed by atoms with E-state index in [0.29, 0.717) is 22.9 Å². The molecule has 2 aromatic rings. The van der Waals surface area contributed by atoms with Crippen LogP contribution in [0.3, 0.4) is 0 Å². The molecule has 0 radical (unpaired) electrons. The van der Waals surface area contributed by atoms with Crippen LogP contribution >= 0.6 is 0 Å². The van der Waals surface area contributed by atoms with Crippen molar-refractivity contribution in [2.45, 2.75) is 38.3 Å². The Morgan fingerprint density at radius 3 is 2.71 bits per heavy atom. The van der Waals surface area contributed by atoms with Crippen LogP contribution in [0.4, 0.5) is 5.69 Å². The van der Waals surface area contributed by atoms with E-state index >= 15 is 0 Å². The van der Waals surface area contributed by atoms with Gasteiger partial charge >= 0.3 is 0 Å². The number of nitrogens with zero attached hydrogens (tertiary/aromatic N) is 1. The van der Waals surface area contributed by atoms with Gasteiger partial charge in [-0.15, -0.1) is 0 Å². The number of nitrogens with two attached hydrogens (primary N) is 1. The van der Waals surface area contributed by atoms with Gasteiger partial charge in [0.2, 0.25) is 5.03 Å². The van der Waals surface area contributed by atoms with E-state index in [-0.39, 0.29) is 11.6 Å². The van der Waals surface area contributed by atoms with Crippen LogP contribution in [0.5, 0.6) is 0 Å². The van der Waals surface area contributed by atoms with Gasteiger partial charge in [-0.3, -0.25) is 9.82 Å². The fraction of sp³-hybridized carbons (Fsp3) is 0.357. The summed E-state index contributed by atoms with van der Waals surface area (Å²) in [4.78, 5) is 0. The zero-order valence-corrected chi connectivity index (χ0v) is 13.2. The predicted octanol–water partition coefficient (Wildman–Crippen LogP) is 2.10.